The summed E-state index contributed by atoms with van der Waals surface area (Å²) in [4.78, 5) is 11.3. The highest BCUT2D eigenvalue weighted by Crippen LogP contribution is 2.17. The Morgan fingerprint density at radius 2 is 1.89 bits per heavy atom. The molecular weight excluding hydrogens is 235 g/mol. The smallest absolute Gasteiger partial charge is 0.412 e. The fourth-order valence-electron chi connectivity index (χ4n) is 1.03. The molecule has 1 aromatic carbocycles. The van der Waals surface area contributed by atoms with Crippen molar-refractivity contribution < 1.29 is 13.9 Å². The molecule has 0 saturated carbocycles. The van der Waals surface area contributed by atoms with Crippen LogP contribution in [-0.2, 0) is 4.74 Å². The van der Waals surface area contributed by atoms with E-state index in [1.165, 1.54) is 12.1 Å². The zero-order valence-electron chi connectivity index (χ0n) is 11.5. The van der Waals surface area contributed by atoms with Gasteiger partial charge >= 0.3 is 6.09 Å². The fraction of sp³-hybridized carbons (Fsp3) is 0.462. The Morgan fingerprint density at radius 3 is 2.33 bits per heavy atom. The molecule has 0 aliphatic heterocycles. The van der Waals surface area contributed by atoms with Gasteiger partial charge in [0.25, 0.3) is 0 Å². The number of amides is 1. The molecule has 0 aliphatic rings. The van der Waals surface area contributed by atoms with Gasteiger partial charge in [-0.3, -0.25) is 5.32 Å². The van der Waals surface area contributed by atoms with E-state index >= 15 is 0 Å². The number of ether oxygens (including phenoxy) is 1. The molecule has 0 fully saturated rings. The third-order valence-electron chi connectivity index (χ3n) is 1.65. The lowest BCUT2D eigenvalue weighted by Crippen LogP contribution is -2.27. The van der Waals surface area contributed by atoms with Crippen LogP contribution in [0.25, 0.3) is 0 Å². The van der Waals surface area contributed by atoms with E-state index in [-0.39, 0.29) is 5.69 Å². The fourth-order valence-corrected chi connectivity index (χ4v) is 1.03. The van der Waals surface area contributed by atoms with E-state index in [2.05, 4.69) is 5.32 Å². The minimum atomic E-state index is -0.628. The van der Waals surface area contributed by atoms with Crippen molar-refractivity contribution in [1.82, 2.24) is 0 Å². The van der Waals surface area contributed by atoms with Crippen LogP contribution in [0.3, 0.4) is 0 Å². The zero-order valence-corrected chi connectivity index (χ0v) is 11.5. The number of nitrogens with one attached hydrogen (secondary N) is 1. The van der Waals surface area contributed by atoms with E-state index in [0.717, 1.165) is 6.07 Å². The molecule has 0 aromatic heterocycles. The number of rotatable bonds is 1. The van der Waals surface area contributed by atoms with Crippen LogP contribution in [-0.4, -0.2) is 11.7 Å². The lowest BCUT2D eigenvalue weighted by atomic mass is 10.2. The second-order valence-electron chi connectivity index (χ2n) is 4.36. The highest BCUT2D eigenvalue weighted by atomic mass is 19.1. The average molecular weight is 256 g/mol. The summed E-state index contributed by atoms with van der Waals surface area (Å²) in [6, 6.07) is 4.02. The number of anilines is 2. The minimum absolute atomic E-state index is 0.0368. The van der Waals surface area contributed by atoms with Crippen LogP contribution in [0.1, 0.15) is 34.6 Å². The molecule has 0 bridgehead atoms. The molecule has 0 unspecified atom stereocenters. The Balaban J connectivity index is 0.00000137. The minimum Gasteiger partial charge on any atom is -0.444 e. The third kappa shape index (κ3) is 6.08. The van der Waals surface area contributed by atoms with Gasteiger partial charge in [-0.05, 0) is 39.0 Å². The van der Waals surface area contributed by atoms with E-state index in [9.17, 15) is 9.18 Å². The normalized spacial score (nSPS) is 10.1. The summed E-state index contributed by atoms with van der Waals surface area (Å²) < 4.78 is 18.1. The van der Waals surface area contributed by atoms with Gasteiger partial charge in [-0.2, -0.15) is 0 Å². The quantitative estimate of drug-likeness (QED) is 0.751. The maximum absolute atomic E-state index is 13.1. The first-order chi connectivity index (χ1) is 8.28. The van der Waals surface area contributed by atoms with E-state index < -0.39 is 17.5 Å². The van der Waals surface area contributed by atoms with E-state index in [4.69, 9.17) is 10.5 Å². The van der Waals surface area contributed by atoms with Crippen molar-refractivity contribution in [3.63, 3.8) is 0 Å². The molecule has 18 heavy (non-hydrogen) atoms. The molecule has 1 rings (SSSR count). The Labute approximate surface area is 107 Å². The molecule has 0 atom stereocenters. The Hall–Kier alpha value is -1.78. The van der Waals surface area contributed by atoms with Crippen molar-refractivity contribution in [3.05, 3.63) is 24.0 Å². The number of hydrogen-bond donors (Lipinski definition) is 2. The highest BCUT2D eigenvalue weighted by molar-refractivity contribution is 5.85. The van der Waals surface area contributed by atoms with Crippen LogP contribution in [0.4, 0.5) is 20.6 Å². The molecule has 5 heteroatoms. The van der Waals surface area contributed by atoms with Crippen molar-refractivity contribution in [1.29, 1.82) is 0 Å². The summed E-state index contributed by atoms with van der Waals surface area (Å²) >= 11 is 0. The van der Waals surface area contributed by atoms with Crippen molar-refractivity contribution in [3.8, 4) is 0 Å². The van der Waals surface area contributed by atoms with Gasteiger partial charge in [0, 0.05) is 5.69 Å². The van der Waals surface area contributed by atoms with Gasteiger partial charge in [0.15, 0.2) is 0 Å². The lowest BCUT2D eigenvalue weighted by Gasteiger charge is -2.19. The van der Waals surface area contributed by atoms with E-state index in [1.54, 1.807) is 20.8 Å². The number of hydrogen-bond acceptors (Lipinski definition) is 3. The Bertz CT molecular complexity index is 400. The number of carbonyl (C=O) groups excluding carboxylic acids is 1. The zero-order chi connectivity index (χ0) is 14.3. The molecule has 102 valence electrons. The molecule has 0 aliphatic carbocycles. The van der Waals surface area contributed by atoms with Crippen molar-refractivity contribution in [2.75, 3.05) is 11.1 Å². The largest absolute Gasteiger partial charge is 0.444 e. The molecule has 1 aromatic rings. The topological polar surface area (TPSA) is 64.3 Å². The van der Waals surface area contributed by atoms with Crippen LogP contribution in [0.2, 0.25) is 0 Å². The van der Waals surface area contributed by atoms with Crippen molar-refractivity contribution in [2.45, 2.75) is 40.2 Å². The van der Waals surface area contributed by atoms with Gasteiger partial charge in [0.2, 0.25) is 0 Å². The van der Waals surface area contributed by atoms with Gasteiger partial charge in [0.05, 0.1) is 5.69 Å². The summed E-state index contributed by atoms with van der Waals surface area (Å²) in [6.45, 7) is 9.24. The van der Waals surface area contributed by atoms with Crippen LogP contribution >= 0.6 is 0 Å². The number of benzene rings is 1. The number of nitrogen functional groups attached to an aromatic ring is 1. The Kier molecular flexibility index (Phi) is 6.16. The first kappa shape index (κ1) is 16.2. The van der Waals surface area contributed by atoms with Crippen LogP contribution in [0, 0.1) is 5.82 Å². The molecular formula is C13H21FN2O2. The summed E-state index contributed by atoms with van der Waals surface area (Å²) in [6.07, 6.45) is -0.628. The summed E-state index contributed by atoms with van der Waals surface area (Å²) in [5.74, 6) is -0.575. The molecule has 0 saturated heterocycles. The predicted molar refractivity (Wildman–Crippen MR) is 72.0 cm³/mol. The van der Waals surface area contributed by atoms with Gasteiger partial charge < -0.3 is 10.5 Å². The molecule has 3 N–H and O–H groups in total. The van der Waals surface area contributed by atoms with Crippen LogP contribution in [0.5, 0.6) is 0 Å². The van der Waals surface area contributed by atoms with Gasteiger partial charge in [-0.25, -0.2) is 9.18 Å². The van der Waals surface area contributed by atoms with Gasteiger partial charge in [-0.15, -0.1) is 0 Å². The van der Waals surface area contributed by atoms with Crippen LogP contribution < -0.4 is 11.1 Å². The third-order valence-corrected chi connectivity index (χ3v) is 1.65. The second kappa shape index (κ2) is 6.83. The summed E-state index contributed by atoms with van der Waals surface area (Å²) in [5.41, 5.74) is 5.06. The first-order valence-corrected chi connectivity index (χ1v) is 5.83. The number of halogens is 1. The Morgan fingerprint density at radius 1 is 1.33 bits per heavy atom. The predicted octanol–water partition coefficient (Wildman–Crippen LogP) is 3.78. The molecule has 0 heterocycles. The maximum atomic E-state index is 13.1. The van der Waals surface area contributed by atoms with Crippen LogP contribution in [0.15, 0.2) is 18.2 Å². The van der Waals surface area contributed by atoms with Crippen molar-refractivity contribution in [2.24, 2.45) is 0 Å². The lowest BCUT2D eigenvalue weighted by molar-refractivity contribution is 0.0636. The molecule has 0 radical (unpaired) electrons. The molecule has 0 spiro atoms. The maximum Gasteiger partial charge on any atom is 0.412 e. The van der Waals surface area contributed by atoms with Gasteiger partial charge in [-0.1, -0.05) is 13.8 Å². The molecule has 4 nitrogen and oxygen atoms in total. The van der Waals surface area contributed by atoms with Crippen molar-refractivity contribution >= 4 is 17.5 Å². The van der Waals surface area contributed by atoms with E-state index in [1.807, 2.05) is 13.8 Å². The summed E-state index contributed by atoms with van der Waals surface area (Å²) in [7, 11) is 0. The van der Waals surface area contributed by atoms with E-state index in [0.29, 0.717) is 5.69 Å². The highest BCUT2D eigenvalue weighted by Gasteiger charge is 2.16. The summed E-state index contributed by atoms with van der Waals surface area (Å²) in [5, 5.41) is 2.41. The first-order valence-electron chi connectivity index (χ1n) is 5.83. The SMILES string of the molecule is CC.CC(C)(C)OC(=O)Nc1ccc(N)c(F)c1. The second-order valence-corrected chi connectivity index (χ2v) is 4.36. The monoisotopic (exact) mass is 256 g/mol. The molecule has 1 amide bonds. The average Bonchev–Trinajstić information content (AvgIpc) is 2.24. The number of carbonyl (C=O) groups is 1. The number of nitrogens with two attached hydrogens (primary N) is 1. The standard InChI is InChI=1S/C11H15FN2O2.C2H6/c1-11(2,3)16-10(15)14-7-4-5-9(13)8(12)6-7;1-2/h4-6H,13H2,1-3H3,(H,14,15);1-2H3. The van der Waals surface area contributed by atoms with Gasteiger partial charge in [0.1, 0.15) is 11.4 Å².